The summed E-state index contributed by atoms with van der Waals surface area (Å²) in [6, 6.07) is 13.2. The molecule has 0 radical (unpaired) electrons. The van der Waals surface area contributed by atoms with Gasteiger partial charge in [-0.2, -0.15) is 5.10 Å². The quantitative estimate of drug-likeness (QED) is 0.238. The molecule has 0 saturated heterocycles. The van der Waals surface area contributed by atoms with E-state index in [0.29, 0.717) is 22.5 Å². The van der Waals surface area contributed by atoms with Crippen molar-refractivity contribution in [2.45, 2.75) is 13.8 Å². The second-order valence-corrected chi connectivity index (χ2v) is 6.57. The van der Waals surface area contributed by atoms with Crippen LogP contribution < -0.4 is 16.5 Å². The minimum atomic E-state index is -0.563. The summed E-state index contributed by atoms with van der Waals surface area (Å²) in [5.74, 6) is 4.89. The van der Waals surface area contributed by atoms with Crippen LogP contribution in [-0.4, -0.2) is 23.0 Å². The molecule has 0 atom stereocenters. The molecule has 3 aromatic rings. The van der Waals surface area contributed by atoms with Gasteiger partial charge in [0.2, 0.25) is 17.6 Å². The summed E-state index contributed by atoms with van der Waals surface area (Å²) in [4.78, 5) is 33.8. The summed E-state index contributed by atoms with van der Waals surface area (Å²) < 4.78 is 5.78. The number of nitrogens with two attached hydrogens (primary N) is 1. The number of nitrogens with zero attached hydrogens (tertiary/aromatic N) is 2. The Morgan fingerprint density at radius 1 is 0.968 bits per heavy atom. The van der Waals surface area contributed by atoms with Crippen molar-refractivity contribution in [1.29, 1.82) is 0 Å². The second-order valence-electron chi connectivity index (χ2n) is 6.57. The van der Waals surface area contributed by atoms with Gasteiger partial charge in [0, 0.05) is 30.8 Å². The maximum Gasteiger partial charge on any atom is 0.324 e. The van der Waals surface area contributed by atoms with Gasteiger partial charge in [-0.05, 0) is 42.0 Å². The van der Waals surface area contributed by atoms with E-state index < -0.39 is 4.92 Å². The highest BCUT2D eigenvalue weighted by Gasteiger charge is 2.30. The molecular weight excluding hydrogens is 402 g/mol. The zero-order valence-corrected chi connectivity index (χ0v) is 16.7. The predicted molar refractivity (Wildman–Crippen MR) is 117 cm³/mol. The number of amides is 2. The fourth-order valence-corrected chi connectivity index (χ4v) is 3.08. The van der Waals surface area contributed by atoms with E-state index >= 15 is 0 Å². The van der Waals surface area contributed by atoms with E-state index in [0.717, 1.165) is 6.21 Å². The topological polar surface area (TPSA) is 153 Å². The first-order valence-corrected chi connectivity index (χ1v) is 9.10. The van der Waals surface area contributed by atoms with Crippen molar-refractivity contribution in [3.05, 3.63) is 64.4 Å². The normalized spacial score (nSPS) is 10.8. The summed E-state index contributed by atoms with van der Waals surface area (Å²) in [5, 5.41) is 20.5. The number of nitrogens with one attached hydrogen (secondary N) is 2. The van der Waals surface area contributed by atoms with Crippen molar-refractivity contribution in [3.63, 3.8) is 0 Å². The Bertz CT molecular complexity index is 1160. The Kier molecular flexibility index (Phi) is 6.10. The monoisotopic (exact) mass is 421 g/mol. The van der Waals surface area contributed by atoms with Gasteiger partial charge in [0.25, 0.3) is 0 Å². The molecule has 0 aliphatic carbocycles. The Hall–Kier alpha value is -4.47. The number of nitro groups is 1. The van der Waals surface area contributed by atoms with Gasteiger partial charge in [-0.1, -0.05) is 12.1 Å². The molecule has 0 aliphatic rings. The number of carbonyl (C=O) groups excluding carboxylic acids is 2. The Morgan fingerprint density at radius 3 is 1.87 bits per heavy atom. The summed E-state index contributed by atoms with van der Waals surface area (Å²) in [5.41, 5.74) is 2.12. The molecule has 3 rings (SSSR count). The highest BCUT2D eigenvalue weighted by molar-refractivity contribution is 5.96. The van der Waals surface area contributed by atoms with Gasteiger partial charge in [0.15, 0.2) is 0 Å². The highest BCUT2D eigenvalue weighted by Crippen LogP contribution is 2.43. The van der Waals surface area contributed by atoms with Gasteiger partial charge >= 0.3 is 5.69 Å². The molecule has 158 valence electrons. The largest absolute Gasteiger partial charge is 0.447 e. The number of rotatable bonds is 6. The molecule has 31 heavy (non-hydrogen) atoms. The zero-order chi connectivity index (χ0) is 22.5. The van der Waals surface area contributed by atoms with Crippen LogP contribution in [0.15, 0.2) is 58.0 Å². The molecule has 0 saturated carbocycles. The summed E-state index contributed by atoms with van der Waals surface area (Å²) in [7, 11) is 0. The van der Waals surface area contributed by atoms with Crippen LogP contribution in [-0.2, 0) is 9.59 Å². The third-order valence-corrected chi connectivity index (χ3v) is 4.25. The lowest BCUT2D eigenvalue weighted by molar-refractivity contribution is -0.384. The number of hydrogen-bond donors (Lipinski definition) is 3. The Labute approximate surface area is 176 Å². The van der Waals surface area contributed by atoms with Crippen molar-refractivity contribution < 1.29 is 18.9 Å². The number of benzene rings is 2. The lowest BCUT2D eigenvalue weighted by Crippen LogP contribution is -2.05. The van der Waals surface area contributed by atoms with E-state index in [2.05, 4.69) is 15.7 Å². The molecule has 0 unspecified atom stereocenters. The van der Waals surface area contributed by atoms with Crippen LogP contribution in [0.3, 0.4) is 0 Å². The minimum absolute atomic E-state index is 0.102. The van der Waals surface area contributed by atoms with E-state index in [4.69, 9.17) is 10.3 Å². The van der Waals surface area contributed by atoms with Gasteiger partial charge in [-0.25, -0.2) is 0 Å². The summed E-state index contributed by atoms with van der Waals surface area (Å²) in [6.45, 7) is 2.78. The van der Waals surface area contributed by atoms with Gasteiger partial charge in [-0.3, -0.25) is 19.7 Å². The van der Waals surface area contributed by atoms with Crippen LogP contribution >= 0.6 is 0 Å². The molecule has 0 spiro atoms. The highest BCUT2D eigenvalue weighted by atomic mass is 16.6. The Balaban J connectivity index is 2.17. The van der Waals surface area contributed by atoms with E-state index in [1.165, 1.54) is 13.8 Å². The lowest BCUT2D eigenvalue weighted by Gasteiger charge is -2.07. The molecule has 0 aliphatic heterocycles. The average molecular weight is 421 g/mol. The van der Waals surface area contributed by atoms with Gasteiger partial charge < -0.3 is 20.9 Å². The van der Waals surface area contributed by atoms with Crippen LogP contribution in [0.1, 0.15) is 19.6 Å². The van der Waals surface area contributed by atoms with E-state index in [1.807, 2.05) is 0 Å². The third-order valence-electron chi connectivity index (χ3n) is 4.25. The molecule has 2 amide bonds. The first-order chi connectivity index (χ1) is 14.8. The Morgan fingerprint density at radius 2 is 1.45 bits per heavy atom. The first kappa shape index (κ1) is 21.2. The molecule has 0 bridgehead atoms. The van der Waals surface area contributed by atoms with Crippen molar-refractivity contribution in [3.8, 4) is 22.5 Å². The van der Waals surface area contributed by atoms with E-state index in [-0.39, 0.29) is 34.6 Å². The molecule has 10 heteroatoms. The molecule has 1 aromatic heterocycles. The second kappa shape index (κ2) is 8.91. The number of carbonyl (C=O) groups is 2. The van der Waals surface area contributed by atoms with E-state index in [1.54, 1.807) is 48.5 Å². The summed E-state index contributed by atoms with van der Waals surface area (Å²) in [6.07, 6.45) is 1.07. The standard InChI is InChI=1S/C21H19N5O5/c1-12(27)24-16-7-3-14(4-8-16)19-20(26(29)30)18(11-23-22)31-21(19)15-5-9-17(10-6-15)25-13(2)28/h3-11H,22H2,1-2H3,(H,24,27)(H,25,28)/b23-11+. The van der Waals surface area contributed by atoms with Crippen molar-refractivity contribution in [2.75, 3.05) is 10.6 Å². The molecule has 4 N–H and O–H groups in total. The van der Waals surface area contributed by atoms with Crippen LogP contribution in [0.25, 0.3) is 22.5 Å². The number of hydrazone groups is 1. The fraction of sp³-hybridized carbons (Fsp3) is 0.0952. The molecule has 10 nitrogen and oxygen atoms in total. The SMILES string of the molecule is CC(=O)Nc1ccc(-c2oc(/C=N/N)c([N+](=O)[O-])c2-c2ccc(NC(C)=O)cc2)cc1. The molecular formula is C21H19N5O5. The zero-order valence-electron chi connectivity index (χ0n) is 16.7. The first-order valence-electron chi connectivity index (χ1n) is 9.10. The smallest absolute Gasteiger partial charge is 0.324 e. The van der Waals surface area contributed by atoms with E-state index in [9.17, 15) is 19.7 Å². The van der Waals surface area contributed by atoms with Crippen LogP contribution in [0.5, 0.6) is 0 Å². The van der Waals surface area contributed by atoms with Crippen molar-refractivity contribution >= 4 is 35.1 Å². The third kappa shape index (κ3) is 4.75. The predicted octanol–water partition coefficient (Wildman–Crippen LogP) is 3.73. The molecule has 1 heterocycles. The van der Waals surface area contributed by atoms with Gasteiger partial charge in [0.05, 0.1) is 11.1 Å². The average Bonchev–Trinajstić information content (AvgIpc) is 3.08. The van der Waals surface area contributed by atoms with Gasteiger partial charge in [0.1, 0.15) is 11.3 Å². The van der Waals surface area contributed by atoms with Crippen LogP contribution in [0.4, 0.5) is 17.1 Å². The maximum absolute atomic E-state index is 11.9. The number of anilines is 2. The van der Waals surface area contributed by atoms with Crippen molar-refractivity contribution in [2.24, 2.45) is 10.9 Å². The number of furan rings is 1. The molecule has 2 aromatic carbocycles. The minimum Gasteiger partial charge on any atom is -0.447 e. The van der Waals surface area contributed by atoms with Gasteiger partial charge in [-0.15, -0.1) is 0 Å². The maximum atomic E-state index is 11.9. The lowest BCUT2D eigenvalue weighted by atomic mass is 9.99. The van der Waals surface area contributed by atoms with Crippen molar-refractivity contribution in [1.82, 2.24) is 0 Å². The molecule has 0 fully saturated rings. The summed E-state index contributed by atoms with van der Waals surface area (Å²) >= 11 is 0. The van der Waals surface area contributed by atoms with Crippen LogP contribution in [0.2, 0.25) is 0 Å². The van der Waals surface area contributed by atoms with Crippen LogP contribution in [0, 0.1) is 10.1 Å². The number of hydrogen-bond acceptors (Lipinski definition) is 7. The fourth-order valence-electron chi connectivity index (χ4n) is 3.08.